The summed E-state index contributed by atoms with van der Waals surface area (Å²) in [6, 6.07) is 0. The Morgan fingerprint density at radius 3 is 1.70 bits per heavy atom. The molecule has 30 heavy (non-hydrogen) atoms. The number of hydrogen-bond acceptors (Lipinski definition) is 0. The number of nitrogens with zero attached hydrogens (tertiary/aromatic N) is 2. The van der Waals surface area contributed by atoms with Gasteiger partial charge in [0.25, 0.3) is 0 Å². The Kier molecular flexibility index (Phi) is 9.79. The van der Waals surface area contributed by atoms with Gasteiger partial charge < -0.3 is 17.0 Å². The van der Waals surface area contributed by atoms with Crippen LogP contribution < -0.4 is 21.5 Å². The van der Waals surface area contributed by atoms with E-state index in [4.69, 9.17) is 0 Å². The van der Waals surface area contributed by atoms with E-state index in [1.54, 1.807) is 19.3 Å². The van der Waals surface area contributed by atoms with Gasteiger partial charge in [-0.2, -0.15) is 0 Å². The fourth-order valence-electron chi connectivity index (χ4n) is 7.32. The molecule has 2 nitrogen and oxygen atoms in total. The van der Waals surface area contributed by atoms with Gasteiger partial charge in [-0.15, -0.1) is 0 Å². The summed E-state index contributed by atoms with van der Waals surface area (Å²) in [4.78, 5) is 0. The number of imidazole rings is 1. The molecular weight excluding hydrogens is 432 g/mol. The van der Waals surface area contributed by atoms with Gasteiger partial charge in [-0.25, -0.2) is 9.13 Å². The summed E-state index contributed by atoms with van der Waals surface area (Å²) in [7, 11) is 0. The van der Waals surface area contributed by atoms with Crippen molar-refractivity contribution in [1.29, 1.82) is 0 Å². The maximum Gasteiger partial charge on any atom is 0.244 e. The minimum absolute atomic E-state index is 0. The smallest absolute Gasteiger partial charge is 0.244 e. The number of unbranched alkanes of at least 4 members (excludes halogenated alkanes) is 11. The third-order valence-corrected chi connectivity index (χ3v) is 8.51. The summed E-state index contributed by atoms with van der Waals surface area (Å²) in [5.41, 5.74) is 0.497. The van der Waals surface area contributed by atoms with Crippen LogP contribution in [0.25, 0.3) is 0 Å². The van der Waals surface area contributed by atoms with E-state index in [1.807, 2.05) is 0 Å². The normalized spacial score (nSPS) is 29.3. The van der Waals surface area contributed by atoms with E-state index in [9.17, 15) is 0 Å². The van der Waals surface area contributed by atoms with E-state index in [0.717, 1.165) is 17.8 Å². The highest BCUT2D eigenvalue weighted by molar-refractivity contribution is 5.05. The topological polar surface area (TPSA) is 8.81 Å². The second kappa shape index (κ2) is 12.1. The molecule has 3 heteroatoms. The maximum absolute atomic E-state index is 2.65. The van der Waals surface area contributed by atoms with E-state index in [0.29, 0.717) is 5.54 Å². The van der Waals surface area contributed by atoms with E-state index in [1.165, 1.54) is 103 Å². The van der Waals surface area contributed by atoms with Gasteiger partial charge in [-0.1, -0.05) is 71.1 Å². The molecule has 1 aromatic rings. The van der Waals surface area contributed by atoms with Crippen molar-refractivity contribution in [2.45, 2.75) is 135 Å². The molecule has 4 fully saturated rings. The van der Waals surface area contributed by atoms with Crippen molar-refractivity contribution in [1.82, 2.24) is 4.57 Å². The predicted molar refractivity (Wildman–Crippen MR) is 122 cm³/mol. The van der Waals surface area contributed by atoms with Crippen LogP contribution in [0.1, 0.15) is 122 Å². The number of aryl methyl sites for hydroxylation is 1. The fraction of sp³-hybridized carbons (Fsp3) is 0.889. The molecule has 0 atom stereocenters. The van der Waals surface area contributed by atoms with Gasteiger partial charge in [0.15, 0.2) is 0 Å². The average molecular weight is 480 g/mol. The highest BCUT2D eigenvalue weighted by atomic mass is 79.9. The van der Waals surface area contributed by atoms with Crippen molar-refractivity contribution < 1.29 is 21.5 Å². The largest absolute Gasteiger partial charge is 1.00 e. The summed E-state index contributed by atoms with van der Waals surface area (Å²) in [6.45, 7) is 3.52. The molecule has 0 spiro atoms. The molecule has 1 aromatic heterocycles. The van der Waals surface area contributed by atoms with Crippen LogP contribution in [-0.4, -0.2) is 4.57 Å². The van der Waals surface area contributed by atoms with Crippen LogP contribution in [0.5, 0.6) is 0 Å². The van der Waals surface area contributed by atoms with Gasteiger partial charge >= 0.3 is 0 Å². The highest BCUT2D eigenvalue weighted by Gasteiger charge is 2.54. The zero-order valence-corrected chi connectivity index (χ0v) is 21.3. The molecule has 0 aliphatic heterocycles. The van der Waals surface area contributed by atoms with Crippen LogP contribution in [0.4, 0.5) is 0 Å². The molecule has 1 heterocycles. The molecule has 4 saturated carbocycles. The van der Waals surface area contributed by atoms with Crippen molar-refractivity contribution in [2.24, 2.45) is 17.8 Å². The minimum atomic E-state index is 0. The molecule has 0 unspecified atom stereocenters. The monoisotopic (exact) mass is 478 g/mol. The lowest BCUT2D eigenvalue weighted by molar-refractivity contribution is -0.697. The second-order valence-corrected chi connectivity index (χ2v) is 11.1. The Morgan fingerprint density at radius 2 is 1.20 bits per heavy atom. The van der Waals surface area contributed by atoms with Crippen molar-refractivity contribution in [3.8, 4) is 0 Å². The molecule has 5 rings (SSSR count). The first-order valence-corrected chi connectivity index (χ1v) is 13.3. The van der Waals surface area contributed by atoms with E-state index < -0.39 is 0 Å². The van der Waals surface area contributed by atoms with Crippen molar-refractivity contribution in [3.05, 3.63) is 18.7 Å². The van der Waals surface area contributed by atoms with Gasteiger partial charge in [-0.05, 0) is 69.1 Å². The fourth-order valence-corrected chi connectivity index (χ4v) is 7.32. The lowest BCUT2D eigenvalue weighted by Gasteiger charge is -2.54. The summed E-state index contributed by atoms with van der Waals surface area (Å²) >= 11 is 0. The first-order valence-electron chi connectivity index (χ1n) is 13.3. The van der Waals surface area contributed by atoms with E-state index in [-0.39, 0.29) is 17.0 Å². The van der Waals surface area contributed by atoms with E-state index in [2.05, 4.69) is 34.8 Å². The zero-order chi connectivity index (χ0) is 19.9. The van der Waals surface area contributed by atoms with Crippen LogP contribution >= 0.6 is 0 Å². The van der Waals surface area contributed by atoms with E-state index >= 15 is 0 Å². The minimum Gasteiger partial charge on any atom is -1.00 e. The predicted octanol–water partition coefficient (Wildman–Crippen LogP) is 4.41. The molecule has 4 aliphatic carbocycles. The Morgan fingerprint density at radius 1 is 0.733 bits per heavy atom. The summed E-state index contributed by atoms with van der Waals surface area (Å²) in [5.74, 6) is 3.11. The Bertz CT molecular complexity index is 572. The first-order chi connectivity index (χ1) is 14.3. The Balaban J connectivity index is 0.00000256. The summed E-state index contributed by atoms with van der Waals surface area (Å²) in [6.07, 6.45) is 33.5. The quantitative estimate of drug-likeness (QED) is 0.276. The number of rotatable bonds is 14. The lowest BCUT2D eigenvalue weighted by atomic mass is 9.53. The van der Waals surface area contributed by atoms with Crippen molar-refractivity contribution in [3.63, 3.8) is 0 Å². The van der Waals surface area contributed by atoms with Gasteiger partial charge in [0.1, 0.15) is 17.9 Å². The highest BCUT2D eigenvalue weighted by Crippen LogP contribution is 2.58. The molecule has 0 radical (unpaired) electrons. The second-order valence-electron chi connectivity index (χ2n) is 11.1. The molecule has 0 amide bonds. The summed E-state index contributed by atoms with van der Waals surface area (Å²) < 4.78 is 5.13. The SMILES string of the molecule is CCCCCCCCCCCCCC[n+]1ccn(C23CC4CC(CC(C4)C2)C3)c1.[Br-]. The van der Waals surface area contributed by atoms with Crippen LogP contribution in [0.3, 0.4) is 0 Å². The molecule has 0 aromatic carbocycles. The molecule has 4 aliphatic rings. The number of aromatic nitrogens is 2. The number of hydrogen-bond donors (Lipinski definition) is 0. The molecular formula is C27H47BrN2. The van der Waals surface area contributed by atoms with Gasteiger partial charge in [0.05, 0.1) is 6.54 Å². The van der Waals surface area contributed by atoms with Crippen LogP contribution in [0.2, 0.25) is 0 Å². The number of halogens is 1. The molecule has 0 N–H and O–H groups in total. The standard InChI is InChI=1S/C27H47N2.BrH/c1-2-3-4-5-6-7-8-9-10-11-12-13-14-28-15-16-29(23-28)27-20-24-17-25(21-27)19-26(18-24)22-27;/h15-16,23-26H,2-14,17-22H2,1H3;1H/q+1;/p-1. The molecule has 0 saturated heterocycles. The molecule has 4 bridgehead atoms. The van der Waals surface area contributed by atoms with Crippen LogP contribution in [0, 0.1) is 17.8 Å². The summed E-state index contributed by atoms with van der Waals surface area (Å²) in [5, 5.41) is 0. The Labute approximate surface area is 197 Å². The third kappa shape index (κ3) is 6.36. The van der Waals surface area contributed by atoms with Gasteiger partial charge in [0.2, 0.25) is 6.33 Å². The lowest BCUT2D eigenvalue weighted by Crippen LogP contribution is -3.00. The van der Waals surface area contributed by atoms with Crippen molar-refractivity contribution in [2.75, 3.05) is 0 Å². The van der Waals surface area contributed by atoms with Gasteiger partial charge in [-0.3, -0.25) is 0 Å². The maximum atomic E-state index is 2.65. The van der Waals surface area contributed by atoms with Crippen molar-refractivity contribution >= 4 is 0 Å². The van der Waals surface area contributed by atoms with Gasteiger partial charge in [0, 0.05) is 0 Å². The average Bonchev–Trinajstić information content (AvgIpc) is 3.18. The third-order valence-electron chi connectivity index (χ3n) is 8.51. The van der Waals surface area contributed by atoms with Crippen LogP contribution in [0.15, 0.2) is 18.7 Å². The Hall–Kier alpha value is -0.310. The zero-order valence-electron chi connectivity index (χ0n) is 19.7. The molecule has 172 valence electrons. The van der Waals surface area contributed by atoms with Crippen LogP contribution in [-0.2, 0) is 12.1 Å². The first kappa shape index (κ1) is 24.3.